The Morgan fingerprint density at radius 1 is 1.61 bits per heavy atom. The van der Waals surface area contributed by atoms with Gasteiger partial charge in [-0.3, -0.25) is 4.79 Å². The van der Waals surface area contributed by atoms with Crippen LogP contribution < -0.4 is 5.73 Å². The van der Waals surface area contributed by atoms with Gasteiger partial charge in [-0.15, -0.1) is 0 Å². The molecule has 4 nitrogen and oxygen atoms in total. The van der Waals surface area contributed by atoms with Crippen LogP contribution in [0, 0.1) is 5.82 Å². The van der Waals surface area contributed by atoms with Crippen LogP contribution in [0.25, 0.3) is 0 Å². The topological polar surface area (TPSA) is 55.6 Å². The van der Waals surface area contributed by atoms with Crippen LogP contribution in [-0.2, 0) is 4.74 Å². The number of morpholine rings is 1. The summed E-state index contributed by atoms with van der Waals surface area (Å²) in [6.07, 6.45) is -0.156. The Kier molecular flexibility index (Phi) is 3.93. The summed E-state index contributed by atoms with van der Waals surface area (Å²) < 4.78 is 18.6. The maximum atomic E-state index is 13.1. The Bertz CT molecular complexity index is 437. The van der Waals surface area contributed by atoms with Gasteiger partial charge < -0.3 is 15.4 Å². The van der Waals surface area contributed by atoms with Crippen molar-refractivity contribution in [3.63, 3.8) is 0 Å². The molecule has 18 heavy (non-hydrogen) atoms. The number of benzene rings is 1. The largest absolute Gasteiger partial charge is 0.373 e. The summed E-state index contributed by atoms with van der Waals surface area (Å²) in [6, 6.07) is 5.58. The van der Waals surface area contributed by atoms with E-state index in [9.17, 15) is 9.18 Å². The Balaban J connectivity index is 2.09. The number of rotatable bonds is 2. The number of halogens is 1. The third-order valence-corrected chi connectivity index (χ3v) is 3.04. The molecule has 2 atom stereocenters. The van der Waals surface area contributed by atoms with Crippen LogP contribution >= 0.6 is 0 Å². The van der Waals surface area contributed by atoms with Crippen LogP contribution in [0.5, 0.6) is 0 Å². The van der Waals surface area contributed by atoms with Crippen molar-refractivity contribution < 1.29 is 13.9 Å². The highest BCUT2D eigenvalue weighted by Crippen LogP contribution is 2.13. The molecule has 0 aliphatic carbocycles. The van der Waals surface area contributed by atoms with Crippen molar-refractivity contribution in [1.29, 1.82) is 0 Å². The summed E-state index contributed by atoms with van der Waals surface area (Å²) in [6.45, 7) is 3.28. The maximum Gasteiger partial charge on any atom is 0.254 e. The molecule has 1 fully saturated rings. The van der Waals surface area contributed by atoms with Crippen LogP contribution in [0.3, 0.4) is 0 Å². The first-order valence-electron chi connectivity index (χ1n) is 6.00. The lowest BCUT2D eigenvalue weighted by atomic mass is 10.1. The minimum absolute atomic E-state index is 0.131. The molecule has 5 heteroatoms. The zero-order valence-corrected chi connectivity index (χ0v) is 10.3. The summed E-state index contributed by atoms with van der Waals surface area (Å²) in [5.74, 6) is -0.582. The number of nitrogens with zero attached hydrogens (tertiary/aromatic N) is 1. The van der Waals surface area contributed by atoms with Gasteiger partial charge in [0.15, 0.2) is 0 Å². The van der Waals surface area contributed by atoms with Crippen LogP contribution in [0.15, 0.2) is 24.3 Å². The minimum Gasteiger partial charge on any atom is -0.373 e. The van der Waals surface area contributed by atoms with Gasteiger partial charge in [-0.2, -0.15) is 0 Å². The number of ether oxygens (including phenoxy) is 1. The Morgan fingerprint density at radius 3 is 3.06 bits per heavy atom. The van der Waals surface area contributed by atoms with Gasteiger partial charge in [0.25, 0.3) is 5.91 Å². The van der Waals surface area contributed by atoms with Crippen molar-refractivity contribution in [2.24, 2.45) is 5.73 Å². The maximum absolute atomic E-state index is 13.1. The molecule has 0 aromatic heterocycles. The van der Waals surface area contributed by atoms with E-state index in [1.54, 1.807) is 11.0 Å². The highest BCUT2D eigenvalue weighted by Gasteiger charge is 2.27. The lowest BCUT2D eigenvalue weighted by Crippen LogP contribution is -2.51. The fraction of sp³-hybridized carbons (Fsp3) is 0.462. The van der Waals surface area contributed by atoms with Crippen molar-refractivity contribution in [2.45, 2.75) is 19.1 Å². The van der Waals surface area contributed by atoms with E-state index < -0.39 is 5.82 Å². The van der Waals surface area contributed by atoms with Crippen molar-refractivity contribution in [2.75, 3.05) is 19.7 Å². The van der Waals surface area contributed by atoms with E-state index in [0.29, 0.717) is 25.3 Å². The highest BCUT2D eigenvalue weighted by atomic mass is 19.1. The van der Waals surface area contributed by atoms with Crippen molar-refractivity contribution in [1.82, 2.24) is 4.90 Å². The molecular weight excluding hydrogens is 235 g/mol. The molecule has 1 aromatic carbocycles. The first kappa shape index (κ1) is 13.0. The van der Waals surface area contributed by atoms with Crippen LogP contribution in [0.4, 0.5) is 4.39 Å². The van der Waals surface area contributed by atoms with E-state index in [-0.39, 0.29) is 18.1 Å². The van der Waals surface area contributed by atoms with Gasteiger partial charge in [0, 0.05) is 24.7 Å². The molecule has 1 aliphatic rings. The average Bonchev–Trinajstić information content (AvgIpc) is 2.38. The highest BCUT2D eigenvalue weighted by molar-refractivity contribution is 5.94. The van der Waals surface area contributed by atoms with Gasteiger partial charge in [-0.05, 0) is 25.1 Å². The molecule has 2 unspecified atom stereocenters. The van der Waals surface area contributed by atoms with Gasteiger partial charge in [-0.1, -0.05) is 6.07 Å². The second kappa shape index (κ2) is 5.46. The molecule has 1 saturated heterocycles. The Labute approximate surface area is 106 Å². The summed E-state index contributed by atoms with van der Waals surface area (Å²) in [4.78, 5) is 13.8. The van der Waals surface area contributed by atoms with Gasteiger partial charge in [-0.25, -0.2) is 4.39 Å². The molecule has 1 amide bonds. The molecule has 2 rings (SSSR count). The zero-order chi connectivity index (χ0) is 13.1. The molecule has 98 valence electrons. The lowest BCUT2D eigenvalue weighted by molar-refractivity contribution is -0.0300. The summed E-state index contributed by atoms with van der Waals surface area (Å²) >= 11 is 0. The SMILES string of the molecule is CC(N)C1CN(C(=O)c2cccc(F)c2)CCO1. The second-order valence-electron chi connectivity index (χ2n) is 4.53. The summed E-state index contributed by atoms with van der Waals surface area (Å²) in [7, 11) is 0. The number of hydrogen-bond acceptors (Lipinski definition) is 3. The standard InChI is InChI=1S/C13H17FN2O2/c1-9(15)12-8-16(5-6-18-12)13(17)10-3-2-4-11(14)7-10/h2-4,7,9,12H,5-6,8,15H2,1H3. The van der Waals surface area contributed by atoms with Gasteiger partial charge in [0.05, 0.1) is 12.7 Å². The Hall–Kier alpha value is -1.46. The van der Waals surface area contributed by atoms with E-state index in [4.69, 9.17) is 10.5 Å². The van der Waals surface area contributed by atoms with E-state index in [2.05, 4.69) is 0 Å². The zero-order valence-electron chi connectivity index (χ0n) is 10.3. The molecule has 1 heterocycles. The first-order chi connectivity index (χ1) is 8.58. The molecular formula is C13H17FN2O2. The van der Waals surface area contributed by atoms with E-state index in [1.165, 1.54) is 18.2 Å². The third-order valence-electron chi connectivity index (χ3n) is 3.04. The summed E-state index contributed by atoms with van der Waals surface area (Å²) in [5, 5.41) is 0. The van der Waals surface area contributed by atoms with Gasteiger partial charge in [0.2, 0.25) is 0 Å². The number of hydrogen-bond donors (Lipinski definition) is 1. The predicted molar refractivity (Wildman–Crippen MR) is 65.7 cm³/mol. The number of carbonyl (C=O) groups is 1. The minimum atomic E-state index is -0.405. The van der Waals surface area contributed by atoms with Crippen LogP contribution in [0.1, 0.15) is 17.3 Å². The molecule has 1 aliphatic heterocycles. The quantitative estimate of drug-likeness (QED) is 0.854. The van der Waals surface area contributed by atoms with E-state index in [1.807, 2.05) is 6.92 Å². The van der Waals surface area contributed by atoms with Crippen LogP contribution in [0.2, 0.25) is 0 Å². The Morgan fingerprint density at radius 2 is 2.39 bits per heavy atom. The van der Waals surface area contributed by atoms with Gasteiger partial charge >= 0.3 is 0 Å². The molecule has 1 aromatic rings. The van der Waals surface area contributed by atoms with Gasteiger partial charge in [0.1, 0.15) is 5.82 Å². The monoisotopic (exact) mass is 252 g/mol. The first-order valence-corrected chi connectivity index (χ1v) is 6.00. The normalized spacial score (nSPS) is 21.7. The average molecular weight is 252 g/mol. The fourth-order valence-corrected chi connectivity index (χ4v) is 1.98. The molecule has 0 spiro atoms. The molecule has 0 saturated carbocycles. The smallest absolute Gasteiger partial charge is 0.254 e. The lowest BCUT2D eigenvalue weighted by Gasteiger charge is -2.34. The molecule has 0 bridgehead atoms. The van der Waals surface area contributed by atoms with Crippen molar-refractivity contribution >= 4 is 5.91 Å². The van der Waals surface area contributed by atoms with Crippen LogP contribution in [-0.4, -0.2) is 42.6 Å². The molecule has 0 radical (unpaired) electrons. The third kappa shape index (κ3) is 2.86. The second-order valence-corrected chi connectivity index (χ2v) is 4.53. The van der Waals surface area contributed by atoms with E-state index >= 15 is 0 Å². The fourth-order valence-electron chi connectivity index (χ4n) is 1.98. The van der Waals surface area contributed by atoms with E-state index in [0.717, 1.165) is 0 Å². The molecule has 2 N–H and O–H groups in total. The number of amides is 1. The van der Waals surface area contributed by atoms with Crippen molar-refractivity contribution in [3.8, 4) is 0 Å². The number of nitrogens with two attached hydrogens (primary N) is 1. The predicted octanol–water partition coefficient (Wildman–Crippen LogP) is 1.01. The summed E-state index contributed by atoms with van der Waals surface area (Å²) in [5.41, 5.74) is 6.13. The number of carbonyl (C=O) groups excluding carboxylic acids is 1. The van der Waals surface area contributed by atoms with Crippen molar-refractivity contribution in [3.05, 3.63) is 35.6 Å².